The topological polar surface area (TPSA) is 53.1 Å². The van der Waals surface area contributed by atoms with Gasteiger partial charge in [-0.2, -0.15) is 5.10 Å². The number of nitrogens with two attached hydrogens (primary N) is 1. The number of halogens is 2. The van der Waals surface area contributed by atoms with E-state index in [9.17, 15) is 0 Å². The van der Waals surface area contributed by atoms with Crippen molar-refractivity contribution in [1.82, 2.24) is 9.78 Å². The maximum atomic E-state index is 6.15. The van der Waals surface area contributed by atoms with Gasteiger partial charge in [0.1, 0.15) is 17.5 Å². The highest BCUT2D eigenvalue weighted by atomic mass is 35.5. The number of aryl methyl sites for hydroxylation is 2. The SMILES string of the molecule is Cc1nn(C)c(Cl)c1COc1ccc(Cl)cc1CN. The largest absolute Gasteiger partial charge is 0.488 e. The van der Waals surface area contributed by atoms with E-state index in [1.54, 1.807) is 23.9 Å². The molecular formula is C13H15Cl2N3O. The summed E-state index contributed by atoms with van der Waals surface area (Å²) in [6.45, 7) is 2.62. The molecule has 19 heavy (non-hydrogen) atoms. The molecule has 0 amide bonds. The first-order valence-electron chi connectivity index (χ1n) is 5.82. The molecule has 0 bridgehead atoms. The first kappa shape index (κ1) is 14.2. The average Bonchev–Trinajstić information content (AvgIpc) is 2.62. The van der Waals surface area contributed by atoms with Crippen LogP contribution in [0.4, 0.5) is 0 Å². The van der Waals surface area contributed by atoms with E-state index in [-0.39, 0.29) is 0 Å². The molecule has 102 valence electrons. The van der Waals surface area contributed by atoms with E-state index in [1.807, 2.05) is 13.0 Å². The third kappa shape index (κ3) is 3.03. The van der Waals surface area contributed by atoms with Gasteiger partial charge in [0.15, 0.2) is 0 Å². The van der Waals surface area contributed by atoms with Gasteiger partial charge in [-0.15, -0.1) is 0 Å². The number of benzene rings is 1. The van der Waals surface area contributed by atoms with Gasteiger partial charge >= 0.3 is 0 Å². The van der Waals surface area contributed by atoms with Crippen LogP contribution in [-0.4, -0.2) is 9.78 Å². The minimum absolute atomic E-state index is 0.354. The van der Waals surface area contributed by atoms with Crippen molar-refractivity contribution in [1.29, 1.82) is 0 Å². The molecule has 0 unspecified atom stereocenters. The van der Waals surface area contributed by atoms with Crippen LogP contribution in [0.15, 0.2) is 18.2 Å². The van der Waals surface area contributed by atoms with Crippen LogP contribution in [0.2, 0.25) is 10.2 Å². The van der Waals surface area contributed by atoms with Crippen LogP contribution in [0.1, 0.15) is 16.8 Å². The van der Waals surface area contributed by atoms with Gasteiger partial charge < -0.3 is 10.5 Å². The highest BCUT2D eigenvalue weighted by Gasteiger charge is 2.12. The Morgan fingerprint density at radius 2 is 2.11 bits per heavy atom. The molecule has 0 saturated heterocycles. The molecule has 0 aliphatic rings. The van der Waals surface area contributed by atoms with Gasteiger partial charge in [0.25, 0.3) is 0 Å². The standard InChI is InChI=1S/C13H15Cl2N3O/c1-8-11(13(15)18(2)17-8)7-19-12-4-3-10(14)5-9(12)6-16/h3-5H,6-7,16H2,1-2H3. The number of hydrogen-bond acceptors (Lipinski definition) is 3. The zero-order chi connectivity index (χ0) is 14.0. The lowest BCUT2D eigenvalue weighted by Crippen LogP contribution is -2.03. The molecule has 1 aromatic carbocycles. The lowest BCUT2D eigenvalue weighted by atomic mass is 10.2. The summed E-state index contributed by atoms with van der Waals surface area (Å²) in [5, 5.41) is 5.46. The summed E-state index contributed by atoms with van der Waals surface area (Å²) < 4.78 is 7.39. The van der Waals surface area contributed by atoms with Crippen LogP contribution in [-0.2, 0) is 20.2 Å². The maximum Gasteiger partial charge on any atom is 0.133 e. The number of ether oxygens (including phenoxy) is 1. The van der Waals surface area contributed by atoms with E-state index in [1.165, 1.54) is 0 Å². The minimum atomic E-state index is 0.354. The Morgan fingerprint density at radius 3 is 2.68 bits per heavy atom. The van der Waals surface area contributed by atoms with Crippen LogP contribution >= 0.6 is 23.2 Å². The lowest BCUT2D eigenvalue weighted by molar-refractivity contribution is 0.302. The van der Waals surface area contributed by atoms with Gasteiger partial charge in [-0.05, 0) is 25.1 Å². The van der Waals surface area contributed by atoms with Crippen LogP contribution in [0.25, 0.3) is 0 Å². The second kappa shape index (κ2) is 5.82. The van der Waals surface area contributed by atoms with Gasteiger partial charge in [-0.25, -0.2) is 0 Å². The molecular weight excluding hydrogens is 285 g/mol. The Hall–Kier alpha value is -1.23. The molecule has 0 fully saturated rings. The predicted molar refractivity (Wildman–Crippen MR) is 76.6 cm³/mol. The highest BCUT2D eigenvalue weighted by Crippen LogP contribution is 2.25. The van der Waals surface area contributed by atoms with Crippen molar-refractivity contribution >= 4 is 23.2 Å². The summed E-state index contributed by atoms with van der Waals surface area (Å²) in [7, 11) is 1.80. The van der Waals surface area contributed by atoms with E-state index >= 15 is 0 Å². The summed E-state index contributed by atoms with van der Waals surface area (Å²) in [5.74, 6) is 0.714. The van der Waals surface area contributed by atoms with Crippen molar-refractivity contribution in [2.45, 2.75) is 20.1 Å². The van der Waals surface area contributed by atoms with Gasteiger partial charge in [0.05, 0.1) is 5.69 Å². The van der Waals surface area contributed by atoms with Gasteiger partial charge in [0.2, 0.25) is 0 Å². The average molecular weight is 300 g/mol. The Bertz CT molecular complexity index is 596. The normalized spacial score (nSPS) is 10.8. The van der Waals surface area contributed by atoms with E-state index in [0.29, 0.717) is 29.1 Å². The van der Waals surface area contributed by atoms with Crippen molar-refractivity contribution in [3.63, 3.8) is 0 Å². The van der Waals surface area contributed by atoms with Crippen molar-refractivity contribution in [2.75, 3.05) is 0 Å². The predicted octanol–water partition coefficient (Wildman–Crippen LogP) is 3.07. The maximum absolute atomic E-state index is 6.15. The van der Waals surface area contributed by atoms with E-state index < -0.39 is 0 Å². The van der Waals surface area contributed by atoms with Crippen molar-refractivity contribution in [2.24, 2.45) is 12.8 Å². The molecule has 4 nitrogen and oxygen atoms in total. The van der Waals surface area contributed by atoms with Crippen molar-refractivity contribution in [3.8, 4) is 5.75 Å². The fraction of sp³-hybridized carbons (Fsp3) is 0.308. The van der Waals surface area contributed by atoms with E-state index in [0.717, 1.165) is 16.8 Å². The van der Waals surface area contributed by atoms with E-state index in [4.69, 9.17) is 33.7 Å². The highest BCUT2D eigenvalue weighted by molar-refractivity contribution is 6.30. The molecule has 6 heteroatoms. The first-order chi connectivity index (χ1) is 9.02. The van der Waals surface area contributed by atoms with E-state index in [2.05, 4.69) is 5.10 Å². The Balaban J connectivity index is 2.19. The molecule has 2 rings (SSSR count). The zero-order valence-corrected chi connectivity index (χ0v) is 12.3. The van der Waals surface area contributed by atoms with Gasteiger partial charge in [-0.1, -0.05) is 23.2 Å². The van der Waals surface area contributed by atoms with Crippen LogP contribution < -0.4 is 10.5 Å². The van der Waals surface area contributed by atoms with Crippen LogP contribution in [0, 0.1) is 6.92 Å². The molecule has 0 saturated carbocycles. The monoisotopic (exact) mass is 299 g/mol. The van der Waals surface area contributed by atoms with Crippen molar-refractivity contribution < 1.29 is 4.74 Å². The lowest BCUT2D eigenvalue weighted by Gasteiger charge is -2.10. The van der Waals surface area contributed by atoms with Gasteiger partial charge in [0, 0.05) is 29.7 Å². The molecule has 1 heterocycles. The molecule has 0 radical (unpaired) electrons. The second-order valence-corrected chi connectivity index (χ2v) is 5.02. The zero-order valence-electron chi connectivity index (χ0n) is 10.8. The fourth-order valence-electron chi connectivity index (χ4n) is 1.84. The molecule has 0 atom stereocenters. The number of rotatable bonds is 4. The number of nitrogens with zero attached hydrogens (tertiary/aromatic N) is 2. The molecule has 0 aliphatic carbocycles. The number of aromatic nitrogens is 2. The third-order valence-electron chi connectivity index (χ3n) is 2.88. The van der Waals surface area contributed by atoms with Crippen LogP contribution in [0.3, 0.4) is 0 Å². The fourth-order valence-corrected chi connectivity index (χ4v) is 2.26. The summed E-state index contributed by atoms with van der Waals surface area (Å²) in [6, 6.07) is 5.38. The Morgan fingerprint density at radius 1 is 1.37 bits per heavy atom. The first-order valence-corrected chi connectivity index (χ1v) is 6.57. The third-order valence-corrected chi connectivity index (χ3v) is 3.59. The Labute approximate surface area is 122 Å². The molecule has 0 aliphatic heterocycles. The molecule has 0 spiro atoms. The van der Waals surface area contributed by atoms with Crippen molar-refractivity contribution in [3.05, 3.63) is 45.2 Å². The second-order valence-electron chi connectivity index (χ2n) is 4.22. The smallest absolute Gasteiger partial charge is 0.133 e. The Kier molecular flexibility index (Phi) is 4.34. The summed E-state index contributed by atoms with van der Waals surface area (Å²) in [4.78, 5) is 0. The number of hydrogen-bond donors (Lipinski definition) is 1. The van der Waals surface area contributed by atoms with Gasteiger partial charge in [-0.3, -0.25) is 4.68 Å². The molecule has 2 N–H and O–H groups in total. The molecule has 1 aromatic heterocycles. The summed E-state index contributed by atoms with van der Waals surface area (Å²) in [5.41, 5.74) is 8.27. The minimum Gasteiger partial charge on any atom is -0.488 e. The summed E-state index contributed by atoms with van der Waals surface area (Å²) >= 11 is 12.1. The summed E-state index contributed by atoms with van der Waals surface area (Å²) in [6.07, 6.45) is 0. The van der Waals surface area contributed by atoms with Crippen LogP contribution in [0.5, 0.6) is 5.75 Å². The molecule has 2 aromatic rings. The quantitative estimate of drug-likeness (QED) is 0.944.